The molecule has 0 aliphatic rings. The molecule has 0 radical (unpaired) electrons. The number of aryl methyl sites for hydroxylation is 2. The number of nitrogens with zero attached hydrogens (tertiary/aromatic N) is 5. The first-order chi connectivity index (χ1) is 7.70. The van der Waals surface area contributed by atoms with Gasteiger partial charge in [0.05, 0.1) is 5.69 Å². The minimum Gasteiger partial charge on any atom is -0.261 e. The Hall–Kier alpha value is -1.87. The topological polar surface area (TPSA) is 67.4 Å². The van der Waals surface area contributed by atoms with E-state index < -0.39 is 0 Å². The molecule has 0 spiro atoms. The molecule has 0 aliphatic heterocycles. The molecule has 2 aromatic rings. The molecule has 0 amide bonds. The highest BCUT2D eigenvalue weighted by Gasteiger charge is 2.09. The molecule has 2 heterocycles. The number of aromatic nitrogens is 4. The smallest absolute Gasteiger partial charge is 0.173 e. The van der Waals surface area contributed by atoms with Crippen molar-refractivity contribution >= 4 is 11.8 Å². The van der Waals surface area contributed by atoms with E-state index in [9.17, 15) is 0 Å². The van der Waals surface area contributed by atoms with Gasteiger partial charge in [0.1, 0.15) is 16.1 Å². The Kier molecular flexibility index (Phi) is 2.88. The van der Waals surface area contributed by atoms with Gasteiger partial charge < -0.3 is 0 Å². The fraction of sp³-hybridized carbons (Fsp3) is 0.200. The molecule has 0 fully saturated rings. The molecule has 0 N–H and O–H groups in total. The molecule has 0 saturated carbocycles. The Morgan fingerprint density at radius 1 is 1.38 bits per heavy atom. The zero-order valence-corrected chi connectivity index (χ0v) is 9.69. The second-order valence-corrected chi connectivity index (χ2v) is 4.18. The maximum atomic E-state index is 8.88. The maximum Gasteiger partial charge on any atom is 0.173 e. The SMILES string of the molecule is Cc1cc(Sc2nccnc2C#N)n(C)n1. The van der Waals surface area contributed by atoms with Crippen molar-refractivity contribution in [2.45, 2.75) is 17.0 Å². The second kappa shape index (κ2) is 4.33. The van der Waals surface area contributed by atoms with E-state index in [1.165, 1.54) is 18.0 Å². The second-order valence-electron chi connectivity index (χ2n) is 3.17. The molecule has 16 heavy (non-hydrogen) atoms. The predicted molar refractivity (Wildman–Crippen MR) is 58.8 cm³/mol. The van der Waals surface area contributed by atoms with Crippen molar-refractivity contribution in [1.29, 1.82) is 5.26 Å². The van der Waals surface area contributed by atoms with E-state index in [1.807, 2.05) is 26.1 Å². The summed E-state index contributed by atoms with van der Waals surface area (Å²) in [6.07, 6.45) is 3.09. The van der Waals surface area contributed by atoms with Gasteiger partial charge in [-0.1, -0.05) is 0 Å². The summed E-state index contributed by atoms with van der Waals surface area (Å²) in [5.74, 6) is 0. The quantitative estimate of drug-likeness (QED) is 0.784. The summed E-state index contributed by atoms with van der Waals surface area (Å²) < 4.78 is 1.76. The van der Waals surface area contributed by atoms with Gasteiger partial charge in [-0.2, -0.15) is 10.4 Å². The molecule has 0 saturated heterocycles. The molecular weight excluding hydrogens is 222 g/mol. The summed E-state index contributed by atoms with van der Waals surface area (Å²) in [5, 5.41) is 14.7. The Morgan fingerprint density at radius 2 is 2.12 bits per heavy atom. The van der Waals surface area contributed by atoms with Crippen LogP contribution in [-0.2, 0) is 7.05 Å². The zero-order chi connectivity index (χ0) is 11.5. The van der Waals surface area contributed by atoms with Crippen molar-refractivity contribution < 1.29 is 0 Å². The van der Waals surface area contributed by atoms with Crippen LogP contribution in [-0.4, -0.2) is 19.7 Å². The normalized spacial score (nSPS) is 10.1. The first-order valence-corrected chi connectivity index (χ1v) is 5.42. The van der Waals surface area contributed by atoms with Gasteiger partial charge in [-0.05, 0) is 24.8 Å². The molecule has 0 aromatic carbocycles. The van der Waals surface area contributed by atoms with Crippen LogP contribution in [0.15, 0.2) is 28.5 Å². The highest BCUT2D eigenvalue weighted by Crippen LogP contribution is 2.27. The third kappa shape index (κ3) is 2.04. The lowest BCUT2D eigenvalue weighted by molar-refractivity contribution is 0.692. The van der Waals surface area contributed by atoms with Crippen LogP contribution in [0, 0.1) is 18.3 Å². The van der Waals surface area contributed by atoms with Crippen LogP contribution in [0.25, 0.3) is 0 Å². The first-order valence-electron chi connectivity index (χ1n) is 4.60. The highest BCUT2D eigenvalue weighted by atomic mass is 32.2. The highest BCUT2D eigenvalue weighted by molar-refractivity contribution is 7.99. The Labute approximate surface area is 97.1 Å². The van der Waals surface area contributed by atoms with Crippen LogP contribution in [0.5, 0.6) is 0 Å². The maximum absolute atomic E-state index is 8.88. The van der Waals surface area contributed by atoms with E-state index in [1.54, 1.807) is 10.9 Å². The van der Waals surface area contributed by atoms with Gasteiger partial charge in [0.15, 0.2) is 5.69 Å². The average molecular weight is 231 g/mol. The van der Waals surface area contributed by atoms with Crippen LogP contribution in [0.4, 0.5) is 0 Å². The van der Waals surface area contributed by atoms with Gasteiger partial charge in [0.2, 0.25) is 0 Å². The number of rotatable bonds is 2. The molecule has 0 atom stereocenters. The van der Waals surface area contributed by atoms with Gasteiger partial charge in [0.25, 0.3) is 0 Å². The van der Waals surface area contributed by atoms with E-state index in [0.717, 1.165) is 10.7 Å². The van der Waals surface area contributed by atoms with E-state index in [4.69, 9.17) is 5.26 Å². The van der Waals surface area contributed by atoms with Crippen LogP contribution in [0.2, 0.25) is 0 Å². The van der Waals surface area contributed by atoms with E-state index >= 15 is 0 Å². The lowest BCUT2D eigenvalue weighted by atomic mass is 10.5. The van der Waals surface area contributed by atoms with E-state index in [2.05, 4.69) is 15.1 Å². The van der Waals surface area contributed by atoms with Crippen molar-refractivity contribution in [2.24, 2.45) is 7.05 Å². The minimum atomic E-state index is 0.339. The monoisotopic (exact) mass is 231 g/mol. The molecule has 2 rings (SSSR count). The van der Waals surface area contributed by atoms with Crippen molar-refractivity contribution in [3.05, 3.63) is 29.8 Å². The molecule has 80 valence electrons. The summed E-state index contributed by atoms with van der Waals surface area (Å²) in [5.41, 5.74) is 1.28. The summed E-state index contributed by atoms with van der Waals surface area (Å²) in [6, 6.07) is 3.96. The molecule has 0 unspecified atom stereocenters. The van der Waals surface area contributed by atoms with Gasteiger partial charge in [-0.3, -0.25) is 4.68 Å². The lowest BCUT2D eigenvalue weighted by Gasteiger charge is -2.01. The minimum absolute atomic E-state index is 0.339. The summed E-state index contributed by atoms with van der Waals surface area (Å²) in [6.45, 7) is 1.92. The molecule has 0 aliphatic carbocycles. The molecule has 2 aromatic heterocycles. The molecule has 6 heteroatoms. The van der Waals surface area contributed by atoms with Crippen LogP contribution < -0.4 is 0 Å². The summed E-state index contributed by atoms with van der Waals surface area (Å²) >= 11 is 1.39. The lowest BCUT2D eigenvalue weighted by Crippen LogP contribution is -1.94. The Bertz CT molecular complexity index is 555. The Balaban J connectivity index is 2.34. The van der Waals surface area contributed by atoms with Crippen molar-refractivity contribution in [1.82, 2.24) is 19.7 Å². The van der Waals surface area contributed by atoms with E-state index in [0.29, 0.717) is 10.7 Å². The third-order valence-electron chi connectivity index (χ3n) is 1.93. The molecule has 5 nitrogen and oxygen atoms in total. The van der Waals surface area contributed by atoms with Gasteiger partial charge in [0, 0.05) is 19.4 Å². The van der Waals surface area contributed by atoms with Gasteiger partial charge in [-0.15, -0.1) is 0 Å². The summed E-state index contributed by atoms with van der Waals surface area (Å²) in [7, 11) is 1.86. The number of hydrogen-bond donors (Lipinski definition) is 0. The van der Waals surface area contributed by atoms with Gasteiger partial charge in [-0.25, -0.2) is 9.97 Å². The van der Waals surface area contributed by atoms with Gasteiger partial charge >= 0.3 is 0 Å². The van der Waals surface area contributed by atoms with Crippen molar-refractivity contribution in [3.63, 3.8) is 0 Å². The van der Waals surface area contributed by atoms with Crippen LogP contribution in [0.3, 0.4) is 0 Å². The first kappa shape index (κ1) is 10.6. The zero-order valence-electron chi connectivity index (χ0n) is 8.88. The predicted octanol–water partition coefficient (Wildman–Crippen LogP) is 1.54. The fourth-order valence-corrected chi connectivity index (χ4v) is 2.17. The third-order valence-corrected chi connectivity index (χ3v) is 3.01. The molecular formula is C10H9N5S. The average Bonchev–Trinajstić information content (AvgIpc) is 2.58. The largest absolute Gasteiger partial charge is 0.261 e. The number of hydrogen-bond acceptors (Lipinski definition) is 5. The number of nitriles is 1. The van der Waals surface area contributed by atoms with Crippen molar-refractivity contribution in [3.8, 4) is 6.07 Å². The fourth-order valence-electron chi connectivity index (χ4n) is 1.26. The van der Waals surface area contributed by atoms with Crippen LogP contribution in [0.1, 0.15) is 11.4 Å². The van der Waals surface area contributed by atoms with Crippen molar-refractivity contribution in [2.75, 3.05) is 0 Å². The van der Waals surface area contributed by atoms with E-state index in [-0.39, 0.29) is 0 Å². The molecule has 0 bridgehead atoms. The standard InChI is InChI=1S/C10H9N5S/c1-7-5-9(15(2)14-7)16-10-8(6-11)12-3-4-13-10/h3-5H,1-2H3. The van der Waals surface area contributed by atoms with Crippen LogP contribution >= 0.6 is 11.8 Å². The summed E-state index contributed by atoms with van der Waals surface area (Å²) in [4.78, 5) is 8.09. The Morgan fingerprint density at radius 3 is 2.75 bits per heavy atom.